The van der Waals surface area contributed by atoms with E-state index in [2.05, 4.69) is 0 Å². The highest BCUT2D eigenvalue weighted by Crippen LogP contribution is 2.47. The van der Waals surface area contributed by atoms with E-state index in [4.69, 9.17) is 15.5 Å². The van der Waals surface area contributed by atoms with E-state index in [9.17, 15) is 4.57 Å². The molecule has 1 aliphatic carbocycles. The molecule has 0 atom stereocenters. The minimum absolute atomic E-state index is 0.0312. The Balaban J connectivity index is 2.63. The van der Waals surface area contributed by atoms with Crippen molar-refractivity contribution >= 4 is 7.60 Å². The third kappa shape index (κ3) is 3.39. The van der Waals surface area contributed by atoms with Gasteiger partial charge in [0.15, 0.2) is 0 Å². The molecule has 1 fully saturated rings. The average Bonchev–Trinajstić information content (AvgIpc) is 2.03. The monoisotopic (exact) mass is 207 g/mol. The van der Waals surface area contributed by atoms with Gasteiger partial charge in [-0.05, 0) is 24.8 Å². The number of hydrogen-bond acceptors (Lipinski definition) is 2. The maximum absolute atomic E-state index is 10.9. The van der Waals surface area contributed by atoms with Crippen molar-refractivity contribution in [1.29, 1.82) is 0 Å². The molecule has 1 rings (SSSR count). The molecule has 13 heavy (non-hydrogen) atoms. The highest BCUT2D eigenvalue weighted by Gasteiger charge is 2.36. The SMILES string of the molecule is NCC1(CP(=O)(O)O)CCCCC1. The lowest BCUT2D eigenvalue weighted by Crippen LogP contribution is -2.36. The molecular weight excluding hydrogens is 189 g/mol. The van der Waals surface area contributed by atoms with Gasteiger partial charge in [-0.25, -0.2) is 0 Å². The third-order valence-corrected chi connectivity index (χ3v) is 3.97. The summed E-state index contributed by atoms with van der Waals surface area (Å²) in [5, 5.41) is 0. The summed E-state index contributed by atoms with van der Waals surface area (Å²) in [4.78, 5) is 17.8. The second kappa shape index (κ2) is 4.09. The van der Waals surface area contributed by atoms with Crippen molar-refractivity contribution in [1.82, 2.24) is 0 Å². The van der Waals surface area contributed by atoms with Crippen LogP contribution in [0.1, 0.15) is 32.1 Å². The van der Waals surface area contributed by atoms with Crippen LogP contribution >= 0.6 is 7.60 Å². The predicted octanol–water partition coefficient (Wildman–Crippen LogP) is 1.07. The van der Waals surface area contributed by atoms with Gasteiger partial charge in [-0.15, -0.1) is 0 Å². The third-order valence-electron chi connectivity index (χ3n) is 2.89. The van der Waals surface area contributed by atoms with Gasteiger partial charge in [0.1, 0.15) is 0 Å². The van der Waals surface area contributed by atoms with Crippen LogP contribution in [0.3, 0.4) is 0 Å². The molecule has 1 saturated carbocycles. The van der Waals surface area contributed by atoms with Gasteiger partial charge in [0.25, 0.3) is 0 Å². The molecule has 0 unspecified atom stereocenters. The molecule has 0 aromatic rings. The van der Waals surface area contributed by atoms with Crippen LogP contribution in [0.4, 0.5) is 0 Å². The van der Waals surface area contributed by atoms with E-state index in [0.717, 1.165) is 25.7 Å². The average molecular weight is 207 g/mol. The van der Waals surface area contributed by atoms with Crippen LogP contribution in [0, 0.1) is 5.41 Å². The van der Waals surface area contributed by atoms with E-state index in [1.807, 2.05) is 0 Å². The van der Waals surface area contributed by atoms with Gasteiger partial charge < -0.3 is 15.5 Å². The summed E-state index contributed by atoms with van der Waals surface area (Å²) in [6, 6.07) is 0. The lowest BCUT2D eigenvalue weighted by molar-refractivity contribution is 0.214. The molecule has 0 aromatic heterocycles. The number of nitrogens with two attached hydrogens (primary N) is 1. The molecule has 0 bridgehead atoms. The fourth-order valence-electron chi connectivity index (χ4n) is 2.17. The lowest BCUT2D eigenvalue weighted by Gasteiger charge is -2.36. The van der Waals surface area contributed by atoms with Crippen LogP contribution in [-0.2, 0) is 4.57 Å². The van der Waals surface area contributed by atoms with Crippen LogP contribution in [0.25, 0.3) is 0 Å². The van der Waals surface area contributed by atoms with Crippen LogP contribution in [0.2, 0.25) is 0 Å². The molecule has 0 amide bonds. The summed E-state index contributed by atoms with van der Waals surface area (Å²) in [5.41, 5.74) is 5.32. The van der Waals surface area contributed by atoms with Gasteiger partial charge in [-0.3, -0.25) is 4.57 Å². The molecule has 4 nitrogen and oxygen atoms in total. The molecular formula is C8H18NO3P. The zero-order valence-electron chi connectivity index (χ0n) is 7.78. The summed E-state index contributed by atoms with van der Waals surface area (Å²) in [5.74, 6) is 0. The molecule has 0 aromatic carbocycles. The maximum atomic E-state index is 10.9. The Morgan fingerprint density at radius 2 is 1.77 bits per heavy atom. The quantitative estimate of drug-likeness (QED) is 0.604. The molecule has 0 radical (unpaired) electrons. The van der Waals surface area contributed by atoms with Crippen molar-refractivity contribution in [2.24, 2.45) is 11.1 Å². The fraction of sp³-hybridized carbons (Fsp3) is 1.00. The summed E-state index contributed by atoms with van der Waals surface area (Å²) >= 11 is 0. The highest BCUT2D eigenvalue weighted by molar-refractivity contribution is 7.51. The minimum Gasteiger partial charge on any atom is -0.330 e. The first-order valence-corrected chi connectivity index (χ1v) is 6.52. The molecule has 0 aliphatic heterocycles. The summed E-state index contributed by atoms with van der Waals surface area (Å²) in [7, 11) is -3.90. The van der Waals surface area contributed by atoms with E-state index in [1.54, 1.807) is 0 Å². The number of hydrogen-bond donors (Lipinski definition) is 3. The van der Waals surface area contributed by atoms with Gasteiger partial charge in [0, 0.05) is 0 Å². The van der Waals surface area contributed by atoms with Crippen LogP contribution in [0.5, 0.6) is 0 Å². The fourth-order valence-corrected chi connectivity index (χ4v) is 3.48. The Labute approximate surface area is 78.7 Å². The first-order chi connectivity index (χ1) is 5.97. The Kier molecular flexibility index (Phi) is 3.52. The normalized spacial score (nSPS) is 23.0. The van der Waals surface area contributed by atoms with Crippen molar-refractivity contribution in [3.8, 4) is 0 Å². The van der Waals surface area contributed by atoms with Gasteiger partial charge in [-0.1, -0.05) is 19.3 Å². The Hall–Kier alpha value is 0.110. The minimum atomic E-state index is -3.90. The molecule has 0 spiro atoms. The molecule has 0 saturated heterocycles. The Morgan fingerprint density at radius 1 is 1.23 bits per heavy atom. The maximum Gasteiger partial charge on any atom is 0.326 e. The zero-order valence-corrected chi connectivity index (χ0v) is 8.67. The van der Waals surface area contributed by atoms with Gasteiger partial charge in [0.05, 0.1) is 6.16 Å². The predicted molar refractivity (Wildman–Crippen MR) is 51.5 cm³/mol. The van der Waals surface area contributed by atoms with Gasteiger partial charge in [0.2, 0.25) is 0 Å². The first-order valence-electron chi connectivity index (χ1n) is 4.72. The largest absolute Gasteiger partial charge is 0.330 e. The van der Waals surface area contributed by atoms with Crippen molar-refractivity contribution in [3.05, 3.63) is 0 Å². The molecule has 0 heterocycles. The standard InChI is InChI=1S/C8H18NO3P/c9-6-8(7-13(10,11)12)4-2-1-3-5-8/h1-7,9H2,(H2,10,11,12). The number of rotatable bonds is 3. The van der Waals surface area contributed by atoms with Crippen molar-refractivity contribution in [2.75, 3.05) is 12.7 Å². The second-order valence-corrected chi connectivity index (χ2v) is 5.73. The molecule has 1 aliphatic rings. The van der Waals surface area contributed by atoms with E-state index in [1.165, 1.54) is 6.42 Å². The first kappa shape index (κ1) is 11.2. The van der Waals surface area contributed by atoms with Crippen LogP contribution in [0.15, 0.2) is 0 Å². The van der Waals surface area contributed by atoms with E-state index in [-0.39, 0.29) is 11.6 Å². The molecule has 4 N–H and O–H groups in total. The summed E-state index contributed by atoms with van der Waals surface area (Å²) in [6.07, 6.45) is 4.98. The van der Waals surface area contributed by atoms with Gasteiger partial charge >= 0.3 is 7.60 Å². The Bertz CT molecular complexity index is 207. The van der Waals surface area contributed by atoms with Crippen molar-refractivity contribution in [2.45, 2.75) is 32.1 Å². The van der Waals surface area contributed by atoms with E-state index in [0.29, 0.717) is 6.54 Å². The zero-order chi connectivity index (χ0) is 9.95. The highest BCUT2D eigenvalue weighted by atomic mass is 31.2. The topological polar surface area (TPSA) is 83.6 Å². The van der Waals surface area contributed by atoms with E-state index >= 15 is 0 Å². The van der Waals surface area contributed by atoms with Gasteiger partial charge in [-0.2, -0.15) is 0 Å². The van der Waals surface area contributed by atoms with E-state index < -0.39 is 7.60 Å². The van der Waals surface area contributed by atoms with Crippen LogP contribution < -0.4 is 5.73 Å². The van der Waals surface area contributed by atoms with Crippen LogP contribution in [-0.4, -0.2) is 22.5 Å². The second-order valence-electron chi connectivity index (χ2n) is 4.09. The van der Waals surface area contributed by atoms with Crippen molar-refractivity contribution < 1.29 is 14.4 Å². The molecule has 5 heteroatoms. The molecule has 78 valence electrons. The summed E-state index contributed by atoms with van der Waals surface area (Å²) in [6.45, 7) is 0.401. The smallest absolute Gasteiger partial charge is 0.326 e. The summed E-state index contributed by atoms with van der Waals surface area (Å²) < 4.78 is 10.9. The Morgan fingerprint density at radius 3 is 2.15 bits per heavy atom. The lowest BCUT2D eigenvalue weighted by atomic mass is 9.76. The van der Waals surface area contributed by atoms with Crippen molar-refractivity contribution in [3.63, 3.8) is 0 Å².